The monoisotopic (exact) mass is 334 g/mol. The van der Waals surface area contributed by atoms with Gasteiger partial charge >= 0.3 is 0 Å². The zero-order valence-electron chi connectivity index (χ0n) is 12.5. The van der Waals surface area contributed by atoms with Crippen LogP contribution in [0.4, 0.5) is 0 Å². The van der Waals surface area contributed by atoms with E-state index in [1.165, 1.54) is 21.9 Å². The fraction of sp³-hybridized carbons (Fsp3) is 0.667. The summed E-state index contributed by atoms with van der Waals surface area (Å²) in [5, 5.41) is 5.11. The molecule has 1 aromatic heterocycles. The van der Waals surface area contributed by atoms with Crippen LogP contribution in [0.15, 0.2) is 5.38 Å². The lowest BCUT2D eigenvalue weighted by molar-refractivity contribution is 0.0948. The number of thiazole rings is 1. The van der Waals surface area contributed by atoms with E-state index in [1.54, 1.807) is 12.3 Å². The van der Waals surface area contributed by atoms with Crippen LogP contribution in [0, 0.1) is 0 Å². The fourth-order valence-corrected chi connectivity index (χ4v) is 3.39. The summed E-state index contributed by atoms with van der Waals surface area (Å²) in [7, 11) is -3.18. The van der Waals surface area contributed by atoms with E-state index in [4.69, 9.17) is 5.73 Å². The highest BCUT2D eigenvalue weighted by Crippen LogP contribution is 2.15. The number of sulfonamides is 1. The summed E-state index contributed by atoms with van der Waals surface area (Å²) in [5.41, 5.74) is 6.04. The highest BCUT2D eigenvalue weighted by molar-refractivity contribution is 7.88. The molecule has 0 radical (unpaired) electrons. The van der Waals surface area contributed by atoms with Crippen LogP contribution in [0.3, 0.4) is 0 Å². The Morgan fingerprint density at radius 2 is 2.24 bits per heavy atom. The van der Waals surface area contributed by atoms with Crippen molar-refractivity contribution >= 4 is 27.3 Å². The third-order valence-electron chi connectivity index (χ3n) is 2.84. The van der Waals surface area contributed by atoms with Gasteiger partial charge in [0.1, 0.15) is 10.7 Å². The first kappa shape index (κ1) is 18.0. The van der Waals surface area contributed by atoms with Gasteiger partial charge in [-0.05, 0) is 13.3 Å². The van der Waals surface area contributed by atoms with Crippen molar-refractivity contribution in [3.63, 3.8) is 0 Å². The zero-order chi connectivity index (χ0) is 16.0. The molecule has 0 aliphatic carbocycles. The summed E-state index contributed by atoms with van der Waals surface area (Å²) in [6, 6.07) is -0.190. The summed E-state index contributed by atoms with van der Waals surface area (Å²) in [6.45, 7) is 4.81. The average molecular weight is 334 g/mol. The van der Waals surface area contributed by atoms with Gasteiger partial charge in [-0.15, -0.1) is 11.3 Å². The van der Waals surface area contributed by atoms with Crippen LogP contribution < -0.4 is 11.1 Å². The number of carbonyl (C=O) groups excluding carboxylic acids is 1. The molecule has 0 bridgehead atoms. The highest BCUT2D eigenvalue weighted by Gasteiger charge is 2.15. The molecule has 1 heterocycles. The van der Waals surface area contributed by atoms with Gasteiger partial charge in [0.2, 0.25) is 10.0 Å². The standard InChI is InChI=1S/C12H22N4O3S2/c1-4-16(21(3,18)19)7-5-6-14-11(17)10-8-20-12(15-10)9(2)13/h8-9H,4-7,13H2,1-3H3,(H,14,17). The van der Waals surface area contributed by atoms with E-state index in [0.29, 0.717) is 31.7 Å². The summed E-state index contributed by atoms with van der Waals surface area (Å²) in [6.07, 6.45) is 1.73. The second-order valence-electron chi connectivity index (χ2n) is 4.72. The van der Waals surface area contributed by atoms with Crippen molar-refractivity contribution in [1.82, 2.24) is 14.6 Å². The summed E-state index contributed by atoms with van der Waals surface area (Å²) in [5.74, 6) is -0.263. The maximum atomic E-state index is 11.9. The molecule has 0 fully saturated rings. The second-order valence-corrected chi connectivity index (χ2v) is 7.60. The van der Waals surface area contributed by atoms with Crippen molar-refractivity contribution in [3.05, 3.63) is 16.1 Å². The van der Waals surface area contributed by atoms with Gasteiger partial charge in [-0.25, -0.2) is 17.7 Å². The lowest BCUT2D eigenvalue weighted by Gasteiger charge is -2.17. The minimum Gasteiger partial charge on any atom is -0.351 e. The Bertz CT molecular complexity index is 569. The van der Waals surface area contributed by atoms with Gasteiger partial charge < -0.3 is 11.1 Å². The Morgan fingerprint density at radius 1 is 1.57 bits per heavy atom. The maximum Gasteiger partial charge on any atom is 0.270 e. The van der Waals surface area contributed by atoms with E-state index in [9.17, 15) is 13.2 Å². The molecule has 21 heavy (non-hydrogen) atoms. The number of hydrogen-bond acceptors (Lipinski definition) is 6. The van der Waals surface area contributed by atoms with Gasteiger partial charge in [-0.3, -0.25) is 4.79 Å². The van der Waals surface area contributed by atoms with Crippen LogP contribution in [0.2, 0.25) is 0 Å². The molecule has 1 unspecified atom stereocenters. The van der Waals surface area contributed by atoms with Crippen LogP contribution in [0.5, 0.6) is 0 Å². The lowest BCUT2D eigenvalue weighted by Crippen LogP contribution is -2.33. The van der Waals surface area contributed by atoms with Crippen LogP contribution in [0.25, 0.3) is 0 Å². The molecule has 1 rings (SSSR count). The van der Waals surface area contributed by atoms with Crippen LogP contribution in [0.1, 0.15) is 41.8 Å². The van der Waals surface area contributed by atoms with Crippen molar-refractivity contribution < 1.29 is 13.2 Å². The molecular weight excluding hydrogens is 312 g/mol. The molecule has 1 amide bonds. The molecule has 0 aromatic carbocycles. The topological polar surface area (TPSA) is 105 Å². The van der Waals surface area contributed by atoms with Gasteiger partial charge in [0.25, 0.3) is 5.91 Å². The Morgan fingerprint density at radius 3 is 2.71 bits per heavy atom. The van der Waals surface area contributed by atoms with E-state index in [0.717, 1.165) is 5.01 Å². The number of hydrogen-bond donors (Lipinski definition) is 2. The van der Waals surface area contributed by atoms with E-state index >= 15 is 0 Å². The van der Waals surface area contributed by atoms with Crippen molar-refractivity contribution in [2.75, 3.05) is 25.9 Å². The Labute approximate surface area is 129 Å². The number of nitrogens with zero attached hydrogens (tertiary/aromatic N) is 2. The lowest BCUT2D eigenvalue weighted by atomic mass is 10.3. The number of aromatic nitrogens is 1. The maximum absolute atomic E-state index is 11.9. The number of nitrogens with two attached hydrogens (primary N) is 1. The summed E-state index contributed by atoms with van der Waals surface area (Å²) < 4.78 is 24.2. The molecule has 9 heteroatoms. The highest BCUT2D eigenvalue weighted by atomic mass is 32.2. The molecule has 0 aliphatic rings. The van der Waals surface area contributed by atoms with Crippen LogP contribution in [-0.2, 0) is 10.0 Å². The van der Waals surface area contributed by atoms with E-state index in [-0.39, 0.29) is 11.9 Å². The third-order valence-corrected chi connectivity index (χ3v) is 5.26. The zero-order valence-corrected chi connectivity index (χ0v) is 14.1. The van der Waals surface area contributed by atoms with Gasteiger partial charge in [0.05, 0.1) is 12.3 Å². The molecule has 1 atom stereocenters. The third kappa shape index (κ3) is 5.70. The minimum atomic E-state index is -3.18. The quantitative estimate of drug-likeness (QED) is 0.676. The Balaban J connectivity index is 2.40. The largest absolute Gasteiger partial charge is 0.351 e. The van der Waals surface area contributed by atoms with E-state index in [2.05, 4.69) is 10.3 Å². The Hall–Kier alpha value is -1.03. The number of nitrogens with one attached hydrogen (secondary N) is 1. The van der Waals surface area contributed by atoms with Gasteiger partial charge in [0, 0.05) is 25.0 Å². The number of rotatable bonds is 8. The molecule has 120 valence electrons. The van der Waals surface area contributed by atoms with Crippen molar-refractivity contribution in [3.8, 4) is 0 Å². The second kappa shape index (κ2) is 7.83. The van der Waals surface area contributed by atoms with Gasteiger partial charge in [-0.2, -0.15) is 0 Å². The predicted molar refractivity (Wildman–Crippen MR) is 83.8 cm³/mol. The molecule has 7 nitrogen and oxygen atoms in total. The minimum absolute atomic E-state index is 0.190. The molecular formula is C12H22N4O3S2. The predicted octanol–water partition coefficient (Wildman–Crippen LogP) is 0.564. The number of amides is 1. The molecule has 0 spiro atoms. The molecule has 0 saturated heterocycles. The number of carbonyl (C=O) groups is 1. The molecule has 0 saturated carbocycles. The molecule has 1 aromatic rings. The summed E-state index contributed by atoms with van der Waals surface area (Å²) in [4.78, 5) is 16.0. The first-order valence-electron chi connectivity index (χ1n) is 6.70. The fourth-order valence-electron chi connectivity index (χ4n) is 1.71. The van der Waals surface area contributed by atoms with Crippen molar-refractivity contribution in [2.24, 2.45) is 5.73 Å². The first-order valence-corrected chi connectivity index (χ1v) is 9.42. The van der Waals surface area contributed by atoms with Crippen LogP contribution >= 0.6 is 11.3 Å². The molecule has 3 N–H and O–H groups in total. The summed E-state index contributed by atoms with van der Waals surface area (Å²) >= 11 is 1.35. The smallest absolute Gasteiger partial charge is 0.270 e. The Kier molecular flexibility index (Phi) is 6.72. The van der Waals surface area contributed by atoms with E-state index < -0.39 is 10.0 Å². The van der Waals surface area contributed by atoms with Crippen LogP contribution in [-0.4, -0.2) is 49.5 Å². The molecule has 0 aliphatic heterocycles. The van der Waals surface area contributed by atoms with E-state index in [1.807, 2.05) is 6.92 Å². The first-order chi connectivity index (χ1) is 9.75. The van der Waals surface area contributed by atoms with Crippen molar-refractivity contribution in [1.29, 1.82) is 0 Å². The van der Waals surface area contributed by atoms with Gasteiger partial charge in [-0.1, -0.05) is 6.92 Å². The SMILES string of the molecule is CCN(CCCNC(=O)c1csc(C(C)N)n1)S(C)(=O)=O. The van der Waals surface area contributed by atoms with Crippen molar-refractivity contribution in [2.45, 2.75) is 26.3 Å². The van der Waals surface area contributed by atoms with Gasteiger partial charge in [0.15, 0.2) is 0 Å². The normalized spacial score (nSPS) is 13.4. The average Bonchev–Trinajstić information content (AvgIpc) is 2.86.